The van der Waals surface area contributed by atoms with Crippen molar-refractivity contribution < 1.29 is 0 Å². The summed E-state index contributed by atoms with van der Waals surface area (Å²) in [5.41, 5.74) is 2.57. The quantitative estimate of drug-likeness (QED) is 0.614. The molecule has 0 unspecified atom stereocenters. The molecule has 0 spiro atoms. The third-order valence-corrected chi connectivity index (χ3v) is 2.20. The number of hydrogen-bond acceptors (Lipinski definition) is 0. The highest BCUT2D eigenvalue weighted by molar-refractivity contribution is 6.30. The molecule has 0 saturated heterocycles. The van der Waals surface area contributed by atoms with Crippen LogP contribution in [0.4, 0.5) is 0 Å². The van der Waals surface area contributed by atoms with Crippen molar-refractivity contribution in [3.8, 4) is 0 Å². The van der Waals surface area contributed by atoms with Crippen LogP contribution < -0.4 is 0 Å². The van der Waals surface area contributed by atoms with E-state index in [0.717, 1.165) is 11.4 Å². The lowest BCUT2D eigenvalue weighted by Crippen LogP contribution is -1.79. The summed E-state index contributed by atoms with van der Waals surface area (Å²) < 4.78 is 0. The van der Waals surface area contributed by atoms with Crippen LogP contribution in [0.15, 0.2) is 30.3 Å². The van der Waals surface area contributed by atoms with Gasteiger partial charge in [0, 0.05) is 5.02 Å². The van der Waals surface area contributed by atoms with Crippen molar-refractivity contribution in [3.63, 3.8) is 0 Å². The fourth-order valence-electron chi connectivity index (χ4n) is 1.35. The van der Waals surface area contributed by atoms with Gasteiger partial charge in [-0.2, -0.15) is 0 Å². The van der Waals surface area contributed by atoms with Gasteiger partial charge in [0.15, 0.2) is 0 Å². The zero-order valence-electron chi connectivity index (χ0n) is 6.63. The second kappa shape index (κ2) is 3.32. The van der Waals surface area contributed by atoms with Crippen LogP contribution in [0.3, 0.4) is 0 Å². The Balaban J connectivity index is 2.33. The Morgan fingerprint density at radius 2 is 2.17 bits per heavy atom. The molecule has 0 bridgehead atoms. The van der Waals surface area contributed by atoms with Gasteiger partial charge in [0.25, 0.3) is 0 Å². The van der Waals surface area contributed by atoms with E-state index in [-0.39, 0.29) is 0 Å². The van der Waals surface area contributed by atoms with Crippen molar-refractivity contribution >= 4 is 17.2 Å². The highest BCUT2D eigenvalue weighted by Crippen LogP contribution is 2.27. The van der Waals surface area contributed by atoms with Gasteiger partial charge in [0.2, 0.25) is 0 Å². The van der Waals surface area contributed by atoms with Gasteiger partial charge < -0.3 is 0 Å². The van der Waals surface area contributed by atoms with Crippen molar-refractivity contribution in [2.75, 3.05) is 0 Å². The molecule has 60 valence electrons. The summed E-state index contributed by atoms with van der Waals surface area (Å²) in [6.45, 7) is 0. The normalized spacial score (nSPS) is 16.2. The second-order valence-corrected chi connectivity index (χ2v) is 3.27. The van der Waals surface area contributed by atoms with Gasteiger partial charge in [0.05, 0.1) is 0 Å². The molecule has 0 saturated carbocycles. The Morgan fingerprint density at radius 3 is 2.83 bits per heavy atom. The topological polar surface area (TPSA) is 0 Å². The monoisotopic (exact) mass is 176 g/mol. The Kier molecular flexibility index (Phi) is 2.18. The number of rotatable bonds is 1. The molecular formula is C11H9Cl. The first-order valence-electron chi connectivity index (χ1n) is 3.98. The maximum Gasteiger partial charge on any atom is 0.0412 e. The Labute approximate surface area is 77.9 Å². The minimum absolute atomic E-state index is 0.806. The van der Waals surface area contributed by atoms with Gasteiger partial charge in [-0.25, -0.2) is 0 Å². The fraction of sp³-hybridized carbons (Fsp3) is 0.0909. The summed E-state index contributed by atoms with van der Waals surface area (Å²) in [7, 11) is 0. The van der Waals surface area contributed by atoms with Crippen molar-refractivity contribution in [1.29, 1.82) is 0 Å². The van der Waals surface area contributed by atoms with Crippen molar-refractivity contribution in [1.82, 2.24) is 0 Å². The highest BCUT2D eigenvalue weighted by Gasteiger charge is 2.06. The summed E-state index contributed by atoms with van der Waals surface area (Å²) in [6, 6.07) is 7.97. The molecule has 1 aromatic carbocycles. The molecule has 1 aliphatic rings. The predicted molar refractivity (Wildman–Crippen MR) is 52.6 cm³/mol. The van der Waals surface area contributed by atoms with Crippen LogP contribution in [0.25, 0.3) is 5.57 Å². The van der Waals surface area contributed by atoms with E-state index >= 15 is 0 Å². The van der Waals surface area contributed by atoms with Gasteiger partial charge in [-0.15, -0.1) is 0 Å². The van der Waals surface area contributed by atoms with Crippen LogP contribution in [-0.4, -0.2) is 0 Å². The summed E-state index contributed by atoms with van der Waals surface area (Å²) >= 11 is 5.88. The molecular weight excluding hydrogens is 168 g/mol. The van der Waals surface area contributed by atoms with Gasteiger partial charge in [-0.3, -0.25) is 0 Å². The summed E-state index contributed by atoms with van der Waals surface area (Å²) in [6.07, 6.45) is 7.39. The van der Waals surface area contributed by atoms with Gasteiger partial charge in [-0.05, 0) is 42.5 Å². The predicted octanol–water partition coefficient (Wildman–Crippen LogP) is 3.54. The first-order valence-corrected chi connectivity index (χ1v) is 4.36. The van der Waals surface area contributed by atoms with Gasteiger partial charge in [-0.1, -0.05) is 29.8 Å². The lowest BCUT2D eigenvalue weighted by molar-refractivity contribution is 1.33. The average Bonchev–Trinajstić information content (AvgIpc) is 2.56. The van der Waals surface area contributed by atoms with E-state index < -0.39 is 0 Å². The molecule has 0 aliphatic heterocycles. The SMILES string of the molecule is Clc1cccc(C2=C[CH][CH]C2)c1. The van der Waals surface area contributed by atoms with Crippen molar-refractivity contribution in [3.05, 3.63) is 53.8 Å². The zero-order valence-corrected chi connectivity index (χ0v) is 7.38. The number of allylic oxidation sites excluding steroid dienone is 2. The van der Waals surface area contributed by atoms with Crippen molar-refractivity contribution in [2.24, 2.45) is 0 Å². The molecule has 0 nitrogen and oxygen atoms in total. The molecule has 0 amide bonds. The molecule has 0 N–H and O–H groups in total. The summed E-state index contributed by atoms with van der Waals surface area (Å²) in [4.78, 5) is 0. The molecule has 12 heavy (non-hydrogen) atoms. The van der Waals surface area contributed by atoms with E-state index in [4.69, 9.17) is 11.6 Å². The first kappa shape index (κ1) is 7.88. The molecule has 0 atom stereocenters. The van der Waals surface area contributed by atoms with Crippen LogP contribution >= 0.6 is 11.6 Å². The van der Waals surface area contributed by atoms with E-state index in [0.29, 0.717) is 0 Å². The maximum atomic E-state index is 5.88. The Hall–Kier alpha value is -0.750. The van der Waals surface area contributed by atoms with Crippen LogP contribution in [0.1, 0.15) is 12.0 Å². The third-order valence-electron chi connectivity index (χ3n) is 1.97. The van der Waals surface area contributed by atoms with Gasteiger partial charge >= 0.3 is 0 Å². The number of benzene rings is 1. The van der Waals surface area contributed by atoms with E-state index in [2.05, 4.69) is 25.0 Å². The molecule has 2 radical (unpaired) electrons. The Bertz CT molecular complexity index is 313. The minimum Gasteiger partial charge on any atom is -0.0843 e. The molecule has 1 aliphatic carbocycles. The van der Waals surface area contributed by atoms with E-state index in [1.165, 1.54) is 11.1 Å². The summed E-state index contributed by atoms with van der Waals surface area (Å²) in [5.74, 6) is 0. The first-order chi connectivity index (χ1) is 5.86. The largest absolute Gasteiger partial charge is 0.0843 e. The lowest BCUT2D eigenvalue weighted by atomic mass is 10.1. The smallest absolute Gasteiger partial charge is 0.0412 e. The number of halogens is 1. The lowest BCUT2D eigenvalue weighted by Gasteiger charge is -2.01. The maximum absolute atomic E-state index is 5.88. The molecule has 1 aromatic rings. The molecule has 0 aromatic heterocycles. The van der Waals surface area contributed by atoms with Crippen LogP contribution in [-0.2, 0) is 0 Å². The number of hydrogen-bond donors (Lipinski definition) is 0. The van der Waals surface area contributed by atoms with Crippen LogP contribution in [0.2, 0.25) is 5.02 Å². The average molecular weight is 177 g/mol. The van der Waals surface area contributed by atoms with Crippen molar-refractivity contribution in [2.45, 2.75) is 6.42 Å². The highest BCUT2D eigenvalue weighted by atomic mass is 35.5. The Morgan fingerprint density at radius 1 is 1.25 bits per heavy atom. The fourth-order valence-corrected chi connectivity index (χ4v) is 1.54. The zero-order chi connectivity index (χ0) is 8.39. The van der Waals surface area contributed by atoms with E-state index in [1.807, 2.05) is 18.2 Å². The molecule has 0 fully saturated rings. The third kappa shape index (κ3) is 1.54. The summed E-state index contributed by atoms with van der Waals surface area (Å²) in [5, 5.41) is 0.806. The molecule has 1 heteroatoms. The standard InChI is InChI=1S/C11H9Cl/c12-11-7-3-6-10(8-11)9-4-1-2-5-9/h1-4,6-8H,5H2. The van der Waals surface area contributed by atoms with Gasteiger partial charge in [0.1, 0.15) is 0 Å². The minimum atomic E-state index is 0.806. The van der Waals surface area contributed by atoms with E-state index in [1.54, 1.807) is 0 Å². The molecule has 2 rings (SSSR count). The van der Waals surface area contributed by atoms with Crippen LogP contribution in [0.5, 0.6) is 0 Å². The van der Waals surface area contributed by atoms with E-state index in [9.17, 15) is 0 Å². The molecule has 0 heterocycles. The van der Waals surface area contributed by atoms with Crippen LogP contribution in [0, 0.1) is 12.8 Å². The second-order valence-electron chi connectivity index (χ2n) is 2.83.